The van der Waals surface area contributed by atoms with E-state index in [2.05, 4.69) is 17.1 Å². The molecule has 1 aliphatic heterocycles. The molecule has 1 fully saturated rings. The standard InChI is InChI=1S/C18H16N2O3S2/c21-17-15-11-6-7-25(22,23)9-14(11)24-18(15)20-16(19-17)13-8-12(13)10-4-2-1-3-5-10/h1-5,12-13H,6-9H2,(H,19,20,21)/t12-,13+/m0/s1. The highest BCUT2D eigenvalue weighted by Crippen LogP contribution is 2.53. The average Bonchev–Trinajstić information content (AvgIpc) is 3.30. The van der Waals surface area contributed by atoms with E-state index in [0.717, 1.165) is 22.7 Å². The van der Waals surface area contributed by atoms with Gasteiger partial charge in [-0.15, -0.1) is 11.3 Å². The van der Waals surface area contributed by atoms with E-state index in [-0.39, 0.29) is 23.0 Å². The van der Waals surface area contributed by atoms with Crippen molar-refractivity contribution in [2.24, 2.45) is 0 Å². The number of benzene rings is 1. The topological polar surface area (TPSA) is 79.9 Å². The summed E-state index contributed by atoms with van der Waals surface area (Å²) in [7, 11) is -3.05. The van der Waals surface area contributed by atoms with Gasteiger partial charge in [-0.25, -0.2) is 13.4 Å². The number of H-pyrrole nitrogens is 1. The summed E-state index contributed by atoms with van der Waals surface area (Å²) in [6, 6.07) is 10.3. The molecule has 0 bridgehead atoms. The predicted molar refractivity (Wildman–Crippen MR) is 98.0 cm³/mol. The van der Waals surface area contributed by atoms with E-state index in [0.29, 0.717) is 22.6 Å². The number of fused-ring (bicyclic) bond motifs is 3. The maximum absolute atomic E-state index is 12.6. The fraction of sp³-hybridized carbons (Fsp3) is 0.333. The molecule has 1 saturated carbocycles. The zero-order chi connectivity index (χ0) is 17.2. The summed E-state index contributed by atoms with van der Waals surface area (Å²) in [5, 5.41) is 0.593. The third-order valence-electron chi connectivity index (χ3n) is 5.15. The molecule has 2 atom stereocenters. The Hall–Kier alpha value is -1.99. The number of hydrogen-bond acceptors (Lipinski definition) is 5. The van der Waals surface area contributed by atoms with Crippen LogP contribution in [0, 0.1) is 0 Å². The lowest BCUT2D eigenvalue weighted by molar-refractivity contribution is 0.592. The van der Waals surface area contributed by atoms with E-state index in [4.69, 9.17) is 4.98 Å². The second kappa shape index (κ2) is 5.25. The van der Waals surface area contributed by atoms with Crippen LogP contribution in [-0.2, 0) is 22.0 Å². The molecule has 1 N–H and O–H groups in total. The minimum atomic E-state index is -3.05. The van der Waals surface area contributed by atoms with E-state index in [1.165, 1.54) is 16.9 Å². The van der Waals surface area contributed by atoms with Crippen molar-refractivity contribution in [2.75, 3.05) is 5.75 Å². The third-order valence-corrected chi connectivity index (χ3v) is 8.01. The van der Waals surface area contributed by atoms with Crippen LogP contribution < -0.4 is 5.56 Å². The van der Waals surface area contributed by atoms with Crippen molar-refractivity contribution in [3.8, 4) is 0 Å². The van der Waals surface area contributed by atoms with Gasteiger partial charge in [0, 0.05) is 10.8 Å². The Morgan fingerprint density at radius 3 is 2.76 bits per heavy atom. The maximum atomic E-state index is 12.6. The molecule has 2 aromatic heterocycles. The Bertz CT molecular complexity index is 1150. The van der Waals surface area contributed by atoms with Crippen molar-refractivity contribution in [3.63, 3.8) is 0 Å². The monoisotopic (exact) mass is 372 g/mol. The van der Waals surface area contributed by atoms with E-state index in [1.807, 2.05) is 18.2 Å². The molecule has 1 aliphatic carbocycles. The van der Waals surface area contributed by atoms with E-state index in [1.54, 1.807) is 0 Å². The summed E-state index contributed by atoms with van der Waals surface area (Å²) in [6.07, 6.45) is 1.40. The normalized spacial score (nSPS) is 24.2. The highest BCUT2D eigenvalue weighted by Gasteiger charge is 2.41. The number of sulfone groups is 1. The summed E-state index contributed by atoms with van der Waals surface area (Å²) in [4.78, 5) is 21.7. The molecule has 25 heavy (non-hydrogen) atoms. The average molecular weight is 372 g/mol. The zero-order valence-corrected chi connectivity index (χ0v) is 15.0. The Morgan fingerprint density at radius 1 is 1.16 bits per heavy atom. The number of nitrogens with one attached hydrogen (secondary N) is 1. The van der Waals surface area contributed by atoms with Crippen LogP contribution in [0.2, 0.25) is 0 Å². The van der Waals surface area contributed by atoms with Crippen molar-refractivity contribution >= 4 is 31.4 Å². The first-order valence-electron chi connectivity index (χ1n) is 8.32. The molecule has 0 radical (unpaired) electrons. The van der Waals surface area contributed by atoms with Crippen molar-refractivity contribution in [1.82, 2.24) is 9.97 Å². The molecule has 0 unspecified atom stereocenters. The van der Waals surface area contributed by atoms with Crippen LogP contribution in [-0.4, -0.2) is 24.1 Å². The maximum Gasteiger partial charge on any atom is 0.259 e. The van der Waals surface area contributed by atoms with Gasteiger partial charge in [-0.3, -0.25) is 4.79 Å². The van der Waals surface area contributed by atoms with Gasteiger partial charge in [-0.1, -0.05) is 30.3 Å². The van der Waals surface area contributed by atoms with Gasteiger partial charge in [-0.2, -0.15) is 0 Å². The molecule has 0 amide bonds. The Morgan fingerprint density at radius 2 is 1.96 bits per heavy atom. The van der Waals surface area contributed by atoms with Crippen LogP contribution >= 0.6 is 11.3 Å². The van der Waals surface area contributed by atoms with Gasteiger partial charge >= 0.3 is 0 Å². The summed E-state index contributed by atoms with van der Waals surface area (Å²) >= 11 is 1.36. The first-order valence-corrected chi connectivity index (χ1v) is 11.0. The molecular weight excluding hydrogens is 356 g/mol. The summed E-state index contributed by atoms with van der Waals surface area (Å²) < 4.78 is 23.7. The van der Waals surface area contributed by atoms with Gasteiger partial charge < -0.3 is 4.98 Å². The smallest absolute Gasteiger partial charge is 0.259 e. The molecule has 0 saturated heterocycles. The molecule has 7 heteroatoms. The molecule has 5 nitrogen and oxygen atoms in total. The van der Waals surface area contributed by atoms with Crippen molar-refractivity contribution in [1.29, 1.82) is 0 Å². The minimum absolute atomic E-state index is 0.0359. The number of nitrogens with zero attached hydrogens (tertiary/aromatic N) is 1. The molecule has 3 aromatic rings. The van der Waals surface area contributed by atoms with Crippen LogP contribution in [0.1, 0.15) is 40.1 Å². The van der Waals surface area contributed by atoms with Gasteiger partial charge in [0.1, 0.15) is 10.7 Å². The third kappa shape index (κ3) is 2.53. The number of aromatic amines is 1. The number of rotatable bonds is 2. The summed E-state index contributed by atoms with van der Waals surface area (Å²) in [5.74, 6) is 1.52. The van der Waals surface area contributed by atoms with Crippen LogP contribution in [0.25, 0.3) is 10.2 Å². The van der Waals surface area contributed by atoms with E-state index >= 15 is 0 Å². The molecule has 5 rings (SSSR count). The lowest BCUT2D eigenvalue weighted by Crippen LogP contribution is -2.19. The lowest BCUT2D eigenvalue weighted by Gasteiger charge is -2.11. The Balaban J connectivity index is 1.56. The molecule has 128 valence electrons. The fourth-order valence-corrected chi connectivity index (χ4v) is 6.81. The first-order chi connectivity index (χ1) is 12.0. The SMILES string of the molecule is O=c1[nH]c([C@@H]2C[C@H]2c2ccccc2)nc2sc3c(c12)CCS(=O)(=O)C3. The second-order valence-electron chi connectivity index (χ2n) is 6.84. The number of thiophene rings is 1. The molecule has 2 aliphatic rings. The van der Waals surface area contributed by atoms with Crippen LogP contribution in [0.15, 0.2) is 35.1 Å². The predicted octanol–water partition coefficient (Wildman–Crippen LogP) is 2.73. The van der Waals surface area contributed by atoms with Gasteiger partial charge in [-0.05, 0) is 29.9 Å². The Kier molecular flexibility index (Phi) is 3.21. The van der Waals surface area contributed by atoms with Gasteiger partial charge in [0.15, 0.2) is 9.84 Å². The van der Waals surface area contributed by atoms with Crippen molar-refractivity contribution in [2.45, 2.75) is 30.4 Å². The van der Waals surface area contributed by atoms with Gasteiger partial charge in [0.25, 0.3) is 5.56 Å². The van der Waals surface area contributed by atoms with Crippen LogP contribution in [0.5, 0.6) is 0 Å². The zero-order valence-electron chi connectivity index (χ0n) is 13.4. The Labute approximate surface area is 148 Å². The quantitative estimate of drug-likeness (QED) is 0.750. The molecule has 1 aromatic carbocycles. The van der Waals surface area contributed by atoms with Gasteiger partial charge in [0.05, 0.1) is 16.9 Å². The first kappa shape index (κ1) is 15.3. The minimum Gasteiger partial charge on any atom is -0.310 e. The molecule has 0 spiro atoms. The molecular formula is C18H16N2O3S2. The highest BCUT2D eigenvalue weighted by atomic mass is 32.2. The van der Waals surface area contributed by atoms with Crippen LogP contribution in [0.4, 0.5) is 0 Å². The summed E-state index contributed by atoms with van der Waals surface area (Å²) in [6.45, 7) is 0. The van der Waals surface area contributed by atoms with Crippen molar-refractivity contribution < 1.29 is 8.42 Å². The summed E-state index contributed by atoms with van der Waals surface area (Å²) in [5.41, 5.74) is 2.02. The fourth-order valence-electron chi connectivity index (χ4n) is 3.78. The van der Waals surface area contributed by atoms with E-state index in [9.17, 15) is 13.2 Å². The second-order valence-corrected chi connectivity index (χ2v) is 10.1. The molecule has 3 heterocycles. The largest absolute Gasteiger partial charge is 0.310 e. The highest BCUT2D eigenvalue weighted by molar-refractivity contribution is 7.90. The number of hydrogen-bond donors (Lipinski definition) is 1. The van der Waals surface area contributed by atoms with Crippen molar-refractivity contribution in [3.05, 3.63) is 62.5 Å². The van der Waals surface area contributed by atoms with Crippen LogP contribution in [0.3, 0.4) is 0 Å². The number of aryl methyl sites for hydroxylation is 1. The van der Waals surface area contributed by atoms with Gasteiger partial charge in [0.2, 0.25) is 0 Å². The van der Waals surface area contributed by atoms with E-state index < -0.39 is 9.84 Å². The number of aromatic nitrogens is 2. The lowest BCUT2D eigenvalue weighted by atomic mass is 10.1.